The second-order valence-electron chi connectivity index (χ2n) is 4.42. The van der Waals surface area contributed by atoms with Crippen molar-refractivity contribution in [2.45, 2.75) is 6.92 Å². The Hall–Kier alpha value is -2.42. The van der Waals surface area contributed by atoms with Crippen LogP contribution in [0.4, 0.5) is 0 Å². The number of aryl methyl sites for hydroxylation is 1. The summed E-state index contributed by atoms with van der Waals surface area (Å²) >= 11 is 0. The highest BCUT2D eigenvalue weighted by Crippen LogP contribution is 2.23. The van der Waals surface area contributed by atoms with Crippen LogP contribution in [0.1, 0.15) is 5.69 Å². The van der Waals surface area contributed by atoms with Gasteiger partial charge >= 0.3 is 0 Å². The van der Waals surface area contributed by atoms with E-state index in [-0.39, 0.29) is 0 Å². The number of fused-ring (bicyclic) bond motifs is 1. The Balaban J connectivity index is 2.11. The molecule has 3 aromatic rings. The van der Waals surface area contributed by atoms with Crippen molar-refractivity contribution in [2.75, 3.05) is 7.11 Å². The largest absolute Gasteiger partial charge is 0.497 e. The van der Waals surface area contributed by atoms with Gasteiger partial charge in [-0.05, 0) is 43.3 Å². The number of benzene rings is 1. The van der Waals surface area contributed by atoms with Gasteiger partial charge in [0.1, 0.15) is 5.75 Å². The molecule has 0 saturated heterocycles. The highest BCUT2D eigenvalue weighted by molar-refractivity contribution is 5.82. The predicted molar refractivity (Wildman–Crippen MR) is 76.3 cm³/mol. The fourth-order valence-electron chi connectivity index (χ4n) is 2.06. The van der Waals surface area contributed by atoms with E-state index >= 15 is 0 Å². The summed E-state index contributed by atoms with van der Waals surface area (Å²) in [6, 6.07) is 15.9. The van der Waals surface area contributed by atoms with Gasteiger partial charge in [0.15, 0.2) is 0 Å². The lowest BCUT2D eigenvalue weighted by Crippen LogP contribution is -1.90. The van der Waals surface area contributed by atoms with Gasteiger partial charge in [0.05, 0.1) is 24.0 Å². The van der Waals surface area contributed by atoms with Crippen molar-refractivity contribution < 1.29 is 4.74 Å². The molecular weight excluding hydrogens is 236 g/mol. The Morgan fingerprint density at radius 2 is 1.74 bits per heavy atom. The summed E-state index contributed by atoms with van der Waals surface area (Å²) in [7, 11) is 1.67. The maximum atomic E-state index is 5.21. The number of aromatic nitrogens is 2. The Bertz CT molecular complexity index is 738. The summed E-state index contributed by atoms with van der Waals surface area (Å²) in [5.74, 6) is 0.843. The van der Waals surface area contributed by atoms with Crippen LogP contribution in [0.2, 0.25) is 0 Å². The van der Waals surface area contributed by atoms with Crippen LogP contribution in [-0.2, 0) is 0 Å². The minimum Gasteiger partial charge on any atom is -0.497 e. The summed E-state index contributed by atoms with van der Waals surface area (Å²) in [5, 5.41) is 1.07. The van der Waals surface area contributed by atoms with Gasteiger partial charge < -0.3 is 4.74 Å². The van der Waals surface area contributed by atoms with E-state index in [1.807, 2.05) is 55.5 Å². The zero-order valence-corrected chi connectivity index (χ0v) is 10.9. The highest BCUT2D eigenvalue weighted by Gasteiger charge is 2.04. The van der Waals surface area contributed by atoms with Crippen LogP contribution in [0.3, 0.4) is 0 Å². The maximum absolute atomic E-state index is 5.21. The first kappa shape index (κ1) is 11.7. The first-order chi connectivity index (χ1) is 9.26. The number of rotatable bonds is 2. The summed E-state index contributed by atoms with van der Waals surface area (Å²) < 4.78 is 5.21. The Morgan fingerprint density at radius 3 is 2.53 bits per heavy atom. The summed E-state index contributed by atoms with van der Waals surface area (Å²) in [6.45, 7) is 1.98. The Morgan fingerprint density at radius 1 is 0.895 bits per heavy atom. The smallest absolute Gasteiger partial charge is 0.119 e. The third-order valence-electron chi connectivity index (χ3n) is 3.05. The molecule has 0 unspecified atom stereocenters. The van der Waals surface area contributed by atoms with E-state index in [1.54, 1.807) is 7.11 Å². The van der Waals surface area contributed by atoms with E-state index < -0.39 is 0 Å². The second-order valence-corrected chi connectivity index (χ2v) is 4.42. The van der Waals surface area contributed by atoms with Gasteiger partial charge in [0, 0.05) is 11.1 Å². The first-order valence-electron chi connectivity index (χ1n) is 6.15. The molecule has 0 N–H and O–H groups in total. The minimum atomic E-state index is 0.843. The van der Waals surface area contributed by atoms with Crippen LogP contribution in [0.15, 0.2) is 48.5 Å². The lowest BCUT2D eigenvalue weighted by atomic mass is 10.1. The van der Waals surface area contributed by atoms with E-state index in [1.165, 1.54) is 0 Å². The second kappa shape index (κ2) is 4.69. The molecule has 19 heavy (non-hydrogen) atoms. The van der Waals surface area contributed by atoms with Gasteiger partial charge in [-0.3, -0.25) is 4.98 Å². The molecule has 3 heteroatoms. The predicted octanol–water partition coefficient (Wildman–Crippen LogP) is 3.61. The third-order valence-corrected chi connectivity index (χ3v) is 3.05. The van der Waals surface area contributed by atoms with Crippen LogP contribution in [0.5, 0.6) is 5.75 Å². The molecule has 0 fully saturated rings. The van der Waals surface area contributed by atoms with Gasteiger partial charge in [-0.25, -0.2) is 4.98 Å². The monoisotopic (exact) mass is 250 g/mol. The lowest BCUT2D eigenvalue weighted by molar-refractivity contribution is 0.415. The van der Waals surface area contributed by atoms with E-state index in [2.05, 4.69) is 9.97 Å². The molecule has 2 aromatic heterocycles. The van der Waals surface area contributed by atoms with E-state index in [0.29, 0.717) is 0 Å². The number of ether oxygens (including phenoxy) is 1. The number of hydrogen-bond acceptors (Lipinski definition) is 3. The summed E-state index contributed by atoms with van der Waals surface area (Å²) in [5.41, 5.74) is 3.73. The quantitative estimate of drug-likeness (QED) is 0.696. The molecule has 0 aliphatic carbocycles. The molecule has 94 valence electrons. The van der Waals surface area contributed by atoms with E-state index in [0.717, 1.165) is 33.7 Å². The highest BCUT2D eigenvalue weighted by atomic mass is 16.5. The zero-order chi connectivity index (χ0) is 13.2. The molecule has 0 aliphatic heterocycles. The standard InChI is InChI=1S/C16H14N2O/c1-11-4-3-5-15(17-11)16-8-6-12-10-13(19-2)7-9-14(12)18-16/h3-10H,1-2H3. The average molecular weight is 250 g/mol. The van der Waals surface area contributed by atoms with Crippen LogP contribution in [-0.4, -0.2) is 17.1 Å². The number of methoxy groups -OCH3 is 1. The van der Waals surface area contributed by atoms with Gasteiger partial charge in [0.25, 0.3) is 0 Å². The van der Waals surface area contributed by atoms with Crippen molar-refractivity contribution in [1.29, 1.82) is 0 Å². The number of hydrogen-bond donors (Lipinski definition) is 0. The molecule has 0 amide bonds. The Labute approximate surface area is 111 Å². The normalized spacial score (nSPS) is 10.6. The molecule has 0 bridgehead atoms. The SMILES string of the molecule is COc1ccc2nc(-c3cccc(C)n3)ccc2c1. The van der Waals surface area contributed by atoms with Crippen molar-refractivity contribution in [3.8, 4) is 17.1 Å². The zero-order valence-electron chi connectivity index (χ0n) is 10.9. The van der Waals surface area contributed by atoms with Gasteiger partial charge in [0.2, 0.25) is 0 Å². The minimum absolute atomic E-state index is 0.843. The van der Waals surface area contributed by atoms with Crippen LogP contribution >= 0.6 is 0 Å². The van der Waals surface area contributed by atoms with E-state index in [4.69, 9.17) is 4.74 Å². The molecule has 3 rings (SSSR count). The molecular formula is C16H14N2O. The summed E-state index contributed by atoms with van der Waals surface area (Å²) in [6.07, 6.45) is 0. The number of nitrogens with zero attached hydrogens (tertiary/aromatic N) is 2. The fraction of sp³-hybridized carbons (Fsp3) is 0.125. The first-order valence-corrected chi connectivity index (χ1v) is 6.15. The van der Waals surface area contributed by atoms with Gasteiger partial charge in [-0.2, -0.15) is 0 Å². The molecule has 1 aromatic carbocycles. The molecule has 2 heterocycles. The molecule has 0 atom stereocenters. The summed E-state index contributed by atoms with van der Waals surface area (Å²) in [4.78, 5) is 9.14. The van der Waals surface area contributed by atoms with Crippen molar-refractivity contribution >= 4 is 10.9 Å². The Kier molecular flexibility index (Phi) is 2.88. The van der Waals surface area contributed by atoms with Crippen molar-refractivity contribution in [3.05, 3.63) is 54.2 Å². The molecule has 0 radical (unpaired) electrons. The van der Waals surface area contributed by atoms with Gasteiger partial charge in [-0.15, -0.1) is 0 Å². The number of pyridine rings is 2. The lowest BCUT2D eigenvalue weighted by Gasteiger charge is -2.05. The molecule has 0 spiro atoms. The van der Waals surface area contributed by atoms with E-state index in [9.17, 15) is 0 Å². The van der Waals surface area contributed by atoms with Crippen molar-refractivity contribution in [3.63, 3.8) is 0 Å². The van der Waals surface area contributed by atoms with Crippen LogP contribution < -0.4 is 4.74 Å². The third kappa shape index (κ3) is 2.27. The van der Waals surface area contributed by atoms with Crippen molar-refractivity contribution in [1.82, 2.24) is 9.97 Å². The molecule has 0 aliphatic rings. The average Bonchev–Trinajstić information content (AvgIpc) is 2.46. The van der Waals surface area contributed by atoms with Crippen molar-refractivity contribution in [2.24, 2.45) is 0 Å². The topological polar surface area (TPSA) is 35.0 Å². The molecule has 0 saturated carbocycles. The maximum Gasteiger partial charge on any atom is 0.119 e. The van der Waals surface area contributed by atoms with Crippen LogP contribution in [0, 0.1) is 6.92 Å². The van der Waals surface area contributed by atoms with Gasteiger partial charge in [-0.1, -0.05) is 12.1 Å². The van der Waals surface area contributed by atoms with Crippen LogP contribution in [0.25, 0.3) is 22.3 Å². The molecule has 3 nitrogen and oxygen atoms in total. The fourth-order valence-corrected chi connectivity index (χ4v) is 2.06.